The van der Waals surface area contributed by atoms with Gasteiger partial charge in [-0.05, 0) is 19.8 Å². The molecule has 0 aliphatic heterocycles. The number of carbonyl (C=O) groups excluding carboxylic acids is 1. The molecule has 0 radical (unpaired) electrons. The van der Waals surface area contributed by atoms with Crippen LogP contribution in [0.3, 0.4) is 0 Å². The fourth-order valence-corrected chi connectivity index (χ4v) is 3.13. The van der Waals surface area contributed by atoms with Crippen molar-refractivity contribution >= 4 is 16.6 Å². The number of carbonyl (C=O) groups is 1. The molecule has 1 saturated carbocycles. The molecule has 0 saturated heterocycles. The number of hydrogen-bond acceptors (Lipinski definition) is 3. The molecular weight excluding hydrogens is 188 g/mol. The van der Waals surface area contributed by atoms with Gasteiger partial charge in [-0.3, -0.25) is 9.00 Å². The molecule has 1 aliphatic carbocycles. The van der Waals surface area contributed by atoms with Crippen LogP contribution in [0, 0.1) is 5.92 Å². The van der Waals surface area contributed by atoms with Gasteiger partial charge in [-0.2, -0.15) is 0 Å². The highest BCUT2D eigenvalue weighted by atomic mass is 32.2. The van der Waals surface area contributed by atoms with Crippen LogP contribution in [0.2, 0.25) is 0 Å². The Balaban J connectivity index is 2.91. The topological polar surface area (TPSA) is 54.4 Å². The van der Waals surface area contributed by atoms with Crippen LogP contribution in [0.1, 0.15) is 26.7 Å². The number of rotatable bonds is 2. The Bertz CT molecular complexity index is 247. The Hall–Kier alpha value is -0.220. The standard InChI is InChI=1S/C9H16O3S/c1-4-6-8(10)7(13(3)12)5-9(6,2)11/h6-7,11H,4-5H2,1-3H3. The quantitative estimate of drug-likeness (QED) is 0.712. The number of hydrogen-bond donors (Lipinski definition) is 1. The molecule has 1 fully saturated rings. The van der Waals surface area contributed by atoms with Crippen molar-refractivity contribution in [2.75, 3.05) is 6.26 Å². The number of aliphatic hydroxyl groups is 1. The largest absolute Gasteiger partial charge is 0.389 e. The lowest BCUT2D eigenvalue weighted by molar-refractivity contribution is -0.123. The summed E-state index contributed by atoms with van der Waals surface area (Å²) in [5, 5.41) is 9.43. The Kier molecular flexibility index (Phi) is 2.92. The van der Waals surface area contributed by atoms with E-state index >= 15 is 0 Å². The molecule has 0 spiro atoms. The maximum Gasteiger partial charge on any atom is 0.154 e. The predicted octanol–water partition coefficient (Wildman–Crippen LogP) is 0.484. The summed E-state index contributed by atoms with van der Waals surface area (Å²) in [7, 11) is -1.15. The van der Waals surface area contributed by atoms with Crippen LogP contribution < -0.4 is 0 Å². The minimum atomic E-state index is -1.15. The van der Waals surface area contributed by atoms with Crippen molar-refractivity contribution in [1.82, 2.24) is 0 Å². The van der Waals surface area contributed by atoms with Gasteiger partial charge in [0, 0.05) is 23.0 Å². The van der Waals surface area contributed by atoms with Crippen LogP contribution in [0.25, 0.3) is 0 Å². The van der Waals surface area contributed by atoms with Crippen molar-refractivity contribution < 1.29 is 14.1 Å². The fraction of sp³-hybridized carbons (Fsp3) is 0.889. The smallest absolute Gasteiger partial charge is 0.154 e. The minimum Gasteiger partial charge on any atom is -0.389 e. The van der Waals surface area contributed by atoms with Crippen LogP contribution in [-0.2, 0) is 15.6 Å². The van der Waals surface area contributed by atoms with E-state index in [0.717, 1.165) is 0 Å². The highest BCUT2D eigenvalue weighted by Gasteiger charge is 2.49. The summed E-state index contributed by atoms with van der Waals surface area (Å²) in [6, 6.07) is 0. The molecule has 0 aromatic heterocycles. The van der Waals surface area contributed by atoms with Gasteiger partial charge in [0.05, 0.1) is 10.9 Å². The molecule has 13 heavy (non-hydrogen) atoms. The second kappa shape index (κ2) is 3.50. The van der Waals surface area contributed by atoms with Gasteiger partial charge in [-0.1, -0.05) is 6.92 Å². The van der Waals surface area contributed by atoms with Gasteiger partial charge in [0.15, 0.2) is 5.78 Å². The van der Waals surface area contributed by atoms with E-state index in [0.29, 0.717) is 12.8 Å². The summed E-state index contributed by atoms with van der Waals surface area (Å²) >= 11 is 0. The molecule has 0 aromatic rings. The van der Waals surface area contributed by atoms with Crippen molar-refractivity contribution in [2.45, 2.75) is 37.5 Å². The molecule has 0 bridgehead atoms. The second-order valence-corrected chi connectivity index (χ2v) is 5.48. The molecule has 1 aliphatic rings. The lowest BCUT2D eigenvalue weighted by Crippen LogP contribution is -2.31. The summed E-state index contributed by atoms with van der Waals surface area (Å²) in [6.45, 7) is 3.53. The maximum absolute atomic E-state index is 11.6. The summed E-state index contributed by atoms with van der Waals surface area (Å²) in [5.41, 5.74) is -0.956. The van der Waals surface area contributed by atoms with Crippen LogP contribution in [0.15, 0.2) is 0 Å². The fourth-order valence-electron chi connectivity index (χ4n) is 2.07. The lowest BCUT2D eigenvalue weighted by Gasteiger charge is -2.22. The van der Waals surface area contributed by atoms with Gasteiger partial charge < -0.3 is 5.11 Å². The zero-order chi connectivity index (χ0) is 10.2. The van der Waals surface area contributed by atoms with Crippen LogP contribution >= 0.6 is 0 Å². The monoisotopic (exact) mass is 204 g/mol. The SMILES string of the molecule is CCC1C(=O)C(S(C)=O)CC1(C)O. The molecule has 1 rings (SSSR count). The van der Waals surface area contributed by atoms with Gasteiger partial charge >= 0.3 is 0 Å². The third kappa shape index (κ3) is 1.83. The summed E-state index contributed by atoms with van der Waals surface area (Å²) < 4.78 is 11.2. The Morgan fingerprint density at radius 2 is 2.23 bits per heavy atom. The molecule has 76 valence electrons. The Morgan fingerprint density at radius 3 is 2.46 bits per heavy atom. The number of Topliss-reactive ketones (excluding diaryl/α,β-unsaturated/α-hetero) is 1. The first-order chi connectivity index (χ1) is 5.90. The Morgan fingerprint density at radius 1 is 1.69 bits per heavy atom. The van der Waals surface area contributed by atoms with E-state index < -0.39 is 21.7 Å². The van der Waals surface area contributed by atoms with Gasteiger partial charge in [0.25, 0.3) is 0 Å². The average Bonchev–Trinajstić information content (AvgIpc) is 2.22. The molecule has 0 aromatic carbocycles. The van der Waals surface area contributed by atoms with Crippen molar-refractivity contribution in [3.8, 4) is 0 Å². The first-order valence-electron chi connectivity index (χ1n) is 4.48. The zero-order valence-corrected chi connectivity index (χ0v) is 9.06. The van der Waals surface area contributed by atoms with E-state index in [4.69, 9.17) is 0 Å². The average molecular weight is 204 g/mol. The van der Waals surface area contributed by atoms with E-state index in [1.165, 1.54) is 6.26 Å². The summed E-state index contributed by atoms with van der Waals surface area (Å²) in [5.74, 6) is -0.366. The van der Waals surface area contributed by atoms with Gasteiger partial charge in [0.2, 0.25) is 0 Å². The molecule has 1 N–H and O–H groups in total. The zero-order valence-electron chi connectivity index (χ0n) is 8.24. The van der Waals surface area contributed by atoms with E-state index in [2.05, 4.69) is 0 Å². The normalized spacial score (nSPS) is 42.3. The summed E-state index contributed by atoms with van der Waals surface area (Å²) in [4.78, 5) is 11.6. The molecule has 4 unspecified atom stereocenters. The van der Waals surface area contributed by atoms with Crippen molar-refractivity contribution in [1.29, 1.82) is 0 Å². The maximum atomic E-state index is 11.6. The molecule has 0 heterocycles. The van der Waals surface area contributed by atoms with E-state index in [-0.39, 0.29) is 11.7 Å². The second-order valence-electron chi connectivity index (χ2n) is 3.91. The van der Waals surface area contributed by atoms with Crippen LogP contribution in [0.5, 0.6) is 0 Å². The van der Waals surface area contributed by atoms with Crippen molar-refractivity contribution in [3.05, 3.63) is 0 Å². The molecular formula is C9H16O3S. The first-order valence-corrected chi connectivity index (χ1v) is 6.10. The van der Waals surface area contributed by atoms with Crippen molar-refractivity contribution in [2.24, 2.45) is 5.92 Å². The molecule has 0 amide bonds. The Labute approximate surface area is 81.0 Å². The third-order valence-electron chi connectivity index (χ3n) is 2.82. The van der Waals surface area contributed by atoms with Gasteiger partial charge in [-0.25, -0.2) is 0 Å². The van der Waals surface area contributed by atoms with Crippen LogP contribution in [-0.4, -0.2) is 32.2 Å². The molecule has 4 atom stereocenters. The van der Waals surface area contributed by atoms with Gasteiger partial charge in [0.1, 0.15) is 0 Å². The third-order valence-corrected chi connectivity index (χ3v) is 4.02. The molecule has 3 nitrogen and oxygen atoms in total. The van der Waals surface area contributed by atoms with E-state index in [1.54, 1.807) is 6.92 Å². The lowest BCUT2D eigenvalue weighted by atomic mass is 9.90. The van der Waals surface area contributed by atoms with Crippen LogP contribution in [0.4, 0.5) is 0 Å². The van der Waals surface area contributed by atoms with E-state index in [1.807, 2.05) is 6.92 Å². The van der Waals surface area contributed by atoms with Gasteiger partial charge in [-0.15, -0.1) is 0 Å². The number of ketones is 1. The predicted molar refractivity (Wildman–Crippen MR) is 51.9 cm³/mol. The molecule has 4 heteroatoms. The highest BCUT2D eigenvalue weighted by molar-refractivity contribution is 7.85. The minimum absolute atomic E-state index is 0.0340. The summed E-state index contributed by atoms with van der Waals surface area (Å²) in [6.07, 6.45) is 2.49. The first kappa shape index (κ1) is 10.9. The van der Waals surface area contributed by atoms with Crippen molar-refractivity contribution in [3.63, 3.8) is 0 Å². The highest BCUT2D eigenvalue weighted by Crippen LogP contribution is 2.36. The van der Waals surface area contributed by atoms with E-state index in [9.17, 15) is 14.1 Å².